The Morgan fingerprint density at radius 3 is 3.15 bits per heavy atom. The Hall–Kier alpha value is -1.20. The molecule has 0 saturated carbocycles. The number of aromatic nitrogens is 3. The van der Waals surface area contributed by atoms with Crippen LogP contribution in [-0.4, -0.2) is 21.1 Å². The van der Waals surface area contributed by atoms with Crippen molar-refractivity contribution in [3.8, 4) is 0 Å². The number of rotatable bonds is 5. The fourth-order valence-electron chi connectivity index (χ4n) is 2.87. The van der Waals surface area contributed by atoms with E-state index in [4.69, 9.17) is 0 Å². The normalized spacial score (nSPS) is 18.2. The van der Waals surface area contributed by atoms with Crippen LogP contribution in [0.2, 0.25) is 0 Å². The highest BCUT2D eigenvalue weighted by molar-refractivity contribution is 7.09. The van der Waals surface area contributed by atoms with Crippen LogP contribution in [0.5, 0.6) is 0 Å². The summed E-state index contributed by atoms with van der Waals surface area (Å²) in [5, 5.41) is 6.94. The molecule has 5 heteroatoms. The van der Waals surface area contributed by atoms with Gasteiger partial charge in [0.05, 0.1) is 16.4 Å². The summed E-state index contributed by atoms with van der Waals surface area (Å²) < 4.78 is 2.32. The Kier molecular flexibility index (Phi) is 4.17. The van der Waals surface area contributed by atoms with Gasteiger partial charge in [-0.25, -0.2) is 9.97 Å². The molecule has 0 fully saturated rings. The third-order valence-electron chi connectivity index (χ3n) is 3.84. The van der Waals surface area contributed by atoms with E-state index in [9.17, 15) is 0 Å². The van der Waals surface area contributed by atoms with E-state index in [-0.39, 0.29) is 0 Å². The number of imidazole rings is 1. The van der Waals surface area contributed by atoms with E-state index < -0.39 is 0 Å². The van der Waals surface area contributed by atoms with Crippen LogP contribution in [0.4, 0.5) is 0 Å². The molecular weight excluding hydrogens is 268 g/mol. The second kappa shape index (κ2) is 6.06. The zero-order chi connectivity index (χ0) is 13.9. The molecule has 0 spiro atoms. The molecule has 3 heterocycles. The lowest BCUT2D eigenvalue weighted by Gasteiger charge is -2.23. The van der Waals surface area contributed by atoms with Gasteiger partial charge in [-0.15, -0.1) is 11.3 Å². The zero-order valence-corrected chi connectivity index (χ0v) is 13.0. The predicted molar refractivity (Wildman–Crippen MR) is 82.1 cm³/mol. The number of hydrogen-bond donors (Lipinski definition) is 1. The summed E-state index contributed by atoms with van der Waals surface area (Å²) >= 11 is 1.76. The van der Waals surface area contributed by atoms with Crippen molar-refractivity contribution in [3.05, 3.63) is 33.8 Å². The van der Waals surface area contributed by atoms with Gasteiger partial charge in [-0.05, 0) is 26.2 Å². The van der Waals surface area contributed by atoms with Crippen molar-refractivity contribution in [2.24, 2.45) is 0 Å². The molecule has 1 N–H and O–H groups in total. The first-order chi connectivity index (χ1) is 9.76. The number of aryl methyl sites for hydroxylation is 3. The van der Waals surface area contributed by atoms with Gasteiger partial charge in [0.25, 0.3) is 0 Å². The van der Waals surface area contributed by atoms with Gasteiger partial charge in [0, 0.05) is 37.1 Å². The second-order valence-corrected chi connectivity index (χ2v) is 6.43. The summed E-state index contributed by atoms with van der Waals surface area (Å²) in [5.41, 5.74) is 2.31. The van der Waals surface area contributed by atoms with Gasteiger partial charge in [-0.2, -0.15) is 0 Å². The van der Waals surface area contributed by atoms with Crippen LogP contribution in [0.25, 0.3) is 0 Å². The molecule has 2 aromatic rings. The van der Waals surface area contributed by atoms with Gasteiger partial charge < -0.3 is 9.88 Å². The molecule has 0 saturated heterocycles. The molecule has 4 nitrogen and oxygen atoms in total. The second-order valence-electron chi connectivity index (χ2n) is 5.49. The van der Waals surface area contributed by atoms with E-state index >= 15 is 0 Å². The Morgan fingerprint density at radius 2 is 2.35 bits per heavy atom. The molecule has 2 aromatic heterocycles. The van der Waals surface area contributed by atoms with Crippen molar-refractivity contribution in [1.82, 2.24) is 19.9 Å². The number of nitrogens with one attached hydrogen (secondary N) is 1. The van der Waals surface area contributed by atoms with Crippen LogP contribution in [-0.2, 0) is 19.5 Å². The number of hydrogen-bond acceptors (Lipinski definition) is 4. The highest BCUT2D eigenvalue weighted by Gasteiger charge is 2.21. The highest BCUT2D eigenvalue weighted by atomic mass is 32.1. The monoisotopic (exact) mass is 290 g/mol. The minimum atomic E-state index is 0.543. The lowest BCUT2D eigenvalue weighted by molar-refractivity contribution is 0.422. The molecule has 0 aliphatic carbocycles. The van der Waals surface area contributed by atoms with Crippen molar-refractivity contribution in [1.29, 1.82) is 0 Å². The number of fused-ring (bicyclic) bond motifs is 1. The van der Waals surface area contributed by atoms with E-state index in [0.29, 0.717) is 5.92 Å². The molecule has 0 bridgehead atoms. The Labute approximate surface area is 124 Å². The van der Waals surface area contributed by atoms with Gasteiger partial charge in [0.1, 0.15) is 5.82 Å². The maximum atomic E-state index is 4.69. The van der Waals surface area contributed by atoms with Crippen molar-refractivity contribution in [3.63, 3.8) is 0 Å². The minimum Gasteiger partial charge on any atom is -0.334 e. The molecule has 108 valence electrons. The topological polar surface area (TPSA) is 42.7 Å². The van der Waals surface area contributed by atoms with Gasteiger partial charge in [0.2, 0.25) is 0 Å². The van der Waals surface area contributed by atoms with Crippen molar-refractivity contribution < 1.29 is 0 Å². The molecule has 1 aliphatic heterocycles. The first-order valence-electron chi connectivity index (χ1n) is 7.44. The molecule has 0 aromatic carbocycles. The first-order valence-corrected chi connectivity index (χ1v) is 8.32. The molecule has 20 heavy (non-hydrogen) atoms. The van der Waals surface area contributed by atoms with Crippen LogP contribution in [0.1, 0.15) is 47.9 Å². The number of nitrogens with zero attached hydrogens (tertiary/aromatic N) is 3. The van der Waals surface area contributed by atoms with Crippen LogP contribution < -0.4 is 5.32 Å². The lowest BCUT2D eigenvalue weighted by Crippen LogP contribution is -2.26. The summed E-state index contributed by atoms with van der Waals surface area (Å²) in [7, 11) is 0. The standard InChI is InChI=1S/C15H22N4S/c1-3-14-18-13(10-20-14)8-16-7-12-5-4-6-19-9-11(2)17-15(12)19/h9-10,12,16H,3-8H2,1-2H3. The van der Waals surface area contributed by atoms with Crippen LogP contribution >= 0.6 is 11.3 Å². The Balaban J connectivity index is 1.56. The van der Waals surface area contributed by atoms with Crippen molar-refractivity contribution in [2.45, 2.75) is 52.1 Å². The fourth-order valence-corrected chi connectivity index (χ4v) is 3.61. The summed E-state index contributed by atoms with van der Waals surface area (Å²) in [6.45, 7) is 7.22. The van der Waals surface area contributed by atoms with Gasteiger partial charge in [-0.1, -0.05) is 6.92 Å². The average molecular weight is 290 g/mol. The molecule has 1 aliphatic rings. The van der Waals surface area contributed by atoms with Gasteiger partial charge in [-0.3, -0.25) is 0 Å². The van der Waals surface area contributed by atoms with E-state index in [0.717, 1.165) is 31.7 Å². The smallest absolute Gasteiger partial charge is 0.113 e. The SMILES string of the molecule is CCc1nc(CNCC2CCCn3cc(C)nc32)cs1. The molecule has 1 atom stereocenters. The van der Waals surface area contributed by atoms with Gasteiger partial charge >= 0.3 is 0 Å². The van der Waals surface area contributed by atoms with Gasteiger partial charge in [0.15, 0.2) is 0 Å². The summed E-state index contributed by atoms with van der Waals surface area (Å²) in [6, 6.07) is 0. The van der Waals surface area contributed by atoms with E-state index in [2.05, 4.69) is 45.3 Å². The maximum absolute atomic E-state index is 4.69. The molecular formula is C15H22N4S. The Bertz CT molecular complexity index is 572. The third-order valence-corrected chi connectivity index (χ3v) is 4.89. The molecule has 3 rings (SSSR count). The fraction of sp³-hybridized carbons (Fsp3) is 0.600. The average Bonchev–Trinajstić information content (AvgIpc) is 3.04. The van der Waals surface area contributed by atoms with E-state index in [1.165, 1.54) is 29.4 Å². The Morgan fingerprint density at radius 1 is 1.45 bits per heavy atom. The number of thiazole rings is 1. The molecule has 0 amide bonds. The zero-order valence-electron chi connectivity index (χ0n) is 12.2. The summed E-state index contributed by atoms with van der Waals surface area (Å²) in [6.07, 6.45) is 5.70. The first kappa shape index (κ1) is 13.8. The van der Waals surface area contributed by atoms with Crippen molar-refractivity contribution in [2.75, 3.05) is 6.54 Å². The minimum absolute atomic E-state index is 0.543. The van der Waals surface area contributed by atoms with Crippen LogP contribution in [0.15, 0.2) is 11.6 Å². The largest absolute Gasteiger partial charge is 0.334 e. The van der Waals surface area contributed by atoms with Crippen LogP contribution in [0.3, 0.4) is 0 Å². The van der Waals surface area contributed by atoms with E-state index in [1.807, 2.05) is 0 Å². The maximum Gasteiger partial charge on any atom is 0.113 e. The lowest BCUT2D eigenvalue weighted by atomic mass is 9.99. The molecule has 1 unspecified atom stereocenters. The quantitative estimate of drug-likeness (QED) is 0.920. The highest BCUT2D eigenvalue weighted by Crippen LogP contribution is 2.26. The van der Waals surface area contributed by atoms with E-state index in [1.54, 1.807) is 11.3 Å². The van der Waals surface area contributed by atoms with Crippen LogP contribution in [0, 0.1) is 6.92 Å². The predicted octanol–water partition coefficient (Wildman–Crippen LogP) is 2.88. The third kappa shape index (κ3) is 2.94. The molecule has 0 radical (unpaired) electrons. The summed E-state index contributed by atoms with van der Waals surface area (Å²) in [4.78, 5) is 9.28. The van der Waals surface area contributed by atoms with Crippen molar-refractivity contribution >= 4 is 11.3 Å². The summed E-state index contributed by atoms with van der Waals surface area (Å²) in [5.74, 6) is 1.80.